The monoisotopic (exact) mass is 308 g/mol. The summed E-state index contributed by atoms with van der Waals surface area (Å²) in [6.45, 7) is 11.7. The molecule has 0 spiro atoms. The van der Waals surface area contributed by atoms with Crippen molar-refractivity contribution >= 4 is 0 Å². The van der Waals surface area contributed by atoms with E-state index in [1.807, 2.05) is 0 Å². The highest BCUT2D eigenvalue weighted by Gasteiger charge is 2.27. The van der Waals surface area contributed by atoms with Gasteiger partial charge in [0.15, 0.2) is 0 Å². The molecule has 1 heterocycles. The molecule has 0 aromatic rings. The molecular formula is C20H40N2. The number of hydrogen-bond acceptors (Lipinski definition) is 2. The number of hydrogen-bond donors (Lipinski definition) is 0. The number of unbranched alkanes of at least 4 members (excludes halogenated alkanes) is 8. The molecule has 1 rings (SSSR count). The highest BCUT2D eigenvalue weighted by molar-refractivity contribution is 4.98. The van der Waals surface area contributed by atoms with E-state index in [-0.39, 0.29) is 0 Å². The Morgan fingerprint density at radius 1 is 0.682 bits per heavy atom. The minimum Gasteiger partial charge on any atom is -0.356 e. The molecule has 0 N–H and O–H groups in total. The Morgan fingerprint density at radius 3 is 1.64 bits per heavy atom. The molecule has 0 aliphatic carbocycles. The maximum atomic E-state index is 2.58. The standard InChI is InChI=1S/C20H40N2/c1-5-7-9-10-11-12-13-14-16-22-18-17-21(15-8-6-2)20(22)19(3)4/h17-20H,5-16H2,1-4H3. The van der Waals surface area contributed by atoms with Crippen molar-refractivity contribution in [2.45, 2.75) is 98.1 Å². The van der Waals surface area contributed by atoms with E-state index in [2.05, 4.69) is 49.9 Å². The van der Waals surface area contributed by atoms with Gasteiger partial charge in [-0.2, -0.15) is 0 Å². The summed E-state index contributed by atoms with van der Waals surface area (Å²) >= 11 is 0. The van der Waals surface area contributed by atoms with Gasteiger partial charge in [0.2, 0.25) is 0 Å². The fourth-order valence-corrected chi connectivity index (χ4v) is 3.49. The Balaban J connectivity index is 2.17. The predicted octanol–water partition coefficient (Wildman–Crippen LogP) is 6.00. The molecule has 130 valence electrons. The number of rotatable bonds is 13. The van der Waals surface area contributed by atoms with Crippen LogP contribution >= 0.6 is 0 Å². The van der Waals surface area contributed by atoms with Crippen LogP contribution in [0.5, 0.6) is 0 Å². The van der Waals surface area contributed by atoms with Gasteiger partial charge < -0.3 is 9.80 Å². The molecule has 0 aromatic heterocycles. The fourth-order valence-electron chi connectivity index (χ4n) is 3.49. The molecule has 0 saturated carbocycles. The van der Waals surface area contributed by atoms with Gasteiger partial charge in [-0.3, -0.25) is 0 Å². The average Bonchev–Trinajstić information content (AvgIpc) is 2.91. The lowest BCUT2D eigenvalue weighted by Gasteiger charge is -2.35. The SMILES string of the molecule is CCCCCCCCCCN1C=CN(CCCC)C1C(C)C. The van der Waals surface area contributed by atoms with E-state index in [1.54, 1.807) is 0 Å². The molecule has 0 aromatic carbocycles. The van der Waals surface area contributed by atoms with Crippen molar-refractivity contribution in [1.29, 1.82) is 0 Å². The molecular weight excluding hydrogens is 268 g/mol. The highest BCUT2D eigenvalue weighted by atomic mass is 15.4. The van der Waals surface area contributed by atoms with E-state index in [0.29, 0.717) is 12.1 Å². The molecule has 22 heavy (non-hydrogen) atoms. The van der Waals surface area contributed by atoms with E-state index in [9.17, 15) is 0 Å². The third-order valence-electron chi connectivity index (χ3n) is 4.77. The van der Waals surface area contributed by atoms with Crippen LogP contribution in [0.4, 0.5) is 0 Å². The first-order chi connectivity index (χ1) is 10.7. The predicted molar refractivity (Wildman–Crippen MR) is 98.7 cm³/mol. The normalized spacial score (nSPS) is 18.0. The van der Waals surface area contributed by atoms with Crippen molar-refractivity contribution in [2.75, 3.05) is 13.1 Å². The summed E-state index contributed by atoms with van der Waals surface area (Å²) in [6, 6.07) is 0. The molecule has 1 atom stereocenters. The lowest BCUT2D eigenvalue weighted by molar-refractivity contribution is 0.104. The quantitative estimate of drug-likeness (QED) is 0.385. The molecule has 0 bridgehead atoms. The molecule has 0 saturated heterocycles. The van der Waals surface area contributed by atoms with Gasteiger partial charge in [-0.1, -0.05) is 79.1 Å². The summed E-state index contributed by atoms with van der Waals surface area (Å²) in [5.41, 5.74) is 0. The van der Waals surface area contributed by atoms with Gasteiger partial charge in [0.25, 0.3) is 0 Å². The van der Waals surface area contributed by atoms with Crippen molar-refractivity contribution in [3.63, 3.8) is 0 Å². The second kappa shape index (κ2) is 11.8. The zero-order chi connectivity index (χ0) is 16.2. The topological polar surface area (TPSA) is 6.48 Å². The Hall–Kier alpha value is -0.660. The number of nitrogens with zero attached hydrogens (tertiary/aromatic N) is 2. The van der Waals surface area contributed by atoms with E-state index < -0.39 is 0 Å². The Labute approximate surface area is 139 Å². The van der Waals surface area contributed by atoms with E-state index in [0.717, 1.165) is 0 Å². The molecule has 0 radical (unpaired) electrons. The summed E-state index contributed by atoms with van der Waals surface area (Å²) in [6.07, 6.45) is 19.1. The van der Waals surface area contributed by atoms with Crippen molar-refractivity contribution in [3.05, 3.63) is 12.4 Å². The van der Waals surface area contributed by atoms with Gasteiger partial charge >= 0.3 is 0 Å². The molecule has 1 aliphatic rings. The van der Waals surface area contributed by atoms with Gasteiger partial charge in [-0.25, -0.2) is 0 Å². The van der Waals surface area contributed by atoms with Crippen molar-refractivity contribution in [1.82, 2.24) is 9.80 Å². The van der Waals surface area contributed by atoms with Crippen LogP contribution in [0, 0.1) is 5.92 Å². The Bertz CT molecular complexity index is 285. The summed E-state index contributed by atoms with van der Waals surface area (Å²) in [5, 5.41) is 0. The van der Waals surface area contributed by atoms with Crippen molar-refractivity contribution in [2.24, 2.45) is 5.92 Å². The zero-order valence-electron chi connectivity index (χ0n) is 15.7. The highest BCUT2D eigenvalue weighted by Crippen LogP contribution is 2.23. The van der Waals surface area contributed by atoms with Crippen LogP contribution in [-0.2, 0) is 0 Å². The van der Waals surface area contributed by atoms with Gasteiger partial charge in [-0.05, 0) is 18.8 Å². The minimum absolute atomic E-state index is 0.594. The van der Waals surface area contributed by atoms with Crippen LogP contribution in [-0.4, -0.2) is 29.1 Å². The van der Waals surface area contributed by atoms with Crippen LogP contribution in [0.3, 0.4) is 0 Å². The van der Waals surface area contributed by atoms with E-state index in [1.165, 1.54) is 77.3 Å². The van der Waals surface area contributed by atoms with Crippen LogP contribution < -0.4 is 0 Å². The average molecular weight is 309 g/mol. The zero-order valence-corrected chi connectivity index (χ0v) is 15.7. The molecule has 2 nitrogen and oxygen atoms in total. The van der Waals surface area contributed by atoms with Crippen LogP contribution in [0.15, 0.2) is 12.4 Å². The molecule has 0 fully saturated rings. The summed E-state index contributed by atoms with van der Waals surface area (Å²) < 4.78 is 0. The van der Waals surface area contributed by atoms with E-state index >= 15 is 0 Å². The lowest BCUT2D eigenvalue weighted by Crippen LogP contribution is -2.43. The Kier molecular flexibility index (Phi) is 10.4. The van der Waals surface area contributed by atoms with Crippen LogP contribution in [0.2, 0.25) is 0 Å². The fraction of sp³-hybridized carbons (Fsp3) is 0.900. The van der Waals surface area contributed by atoms with Gasteiger partial charge in [-0.15, -0.1) is 0 Å². The van der Waals surface area contributed by atoms with E-state index in [4.69, 9.17) is 0 Å². The summed E-state index contributed by atoms with van der Waals surface area (Å²) in [4.78, 5) is 5.14. The second-order valence-corrected chi connectivity index (χ2v) is 7.26. The molecule has 2 heteroatoms. The first kappa shape index (κ1) is 19.4. The van der Waals surface area contributed by atoms with Gasteiger partial charge in [0.05, 0.1) is 0 Å². The van der Waals surface area contributed by atoms with Crippen molar-refractivity contribution in [3.8, 4) is 0 Å². The second-order valence-electron chi connectivity index (χ2n) is 7.26. The molecule has 1 aliphatic heterocycles. The van der Waals surface area contributed by atoms with Gasteiger partial charge in [0, 0.05) is 25.5 Å². The minimum atomic E-state index is 0.594. The first-order valence-electron chi connectivity index (χ1n) is 9.90. The third kappa shape index (κ3) is 7.07. The smallest absolute Gasteiger partial charge is 0.103 e. The largest absolute Gasteiger partial charge is 0.356 e. The van der Waals surface area contributed by atoms with Crippen molar-refractivity contribution < 1.29 is 0 Å². The maximum absolute atomic E-state index is 2.58. The Morgan fingerprint density at radius 2 is 1.14 bits per heavy atom. The summed E-state index contributed by atoms with van der Waals surface area (Å²) in [7, 11) is 0. The van der Waals surface area contributed by atoms with Crippen LogP contribution in [0.1, 0.15) is 91.9 Å². The molecule has 0 amide bonds. The molecule has 1 unspecified atom stereocenters. The first-order valence-corrected chi connectivity index (χ1v) is 9.90. The maximum Gasteiger partial charge on any atom is 0.103 e. The van der Waals surface area contributed by atoms with Gasteiger partial charge in [0.1, 0.15) is 6.17 Å². The summed E-state index contributed by atoms with van der Waals surface area (Å²) in [5.74, 6) is 0.695. The van der Waals surface area contributed by atoms with Crippen LogP contribution in [0.25, 0.3) is 0 Å². The third-order valence-corrected chi connectivity index (χ3v) is 4.77. The lowest BCUT2D eigenvalue weighted by atomic mass is 10.1.